The zero-order valence-corrected chi connectivity index (χ0v) is 29.0. The normalized spacial score (nSPS) is 35.3. The first-order chi connectivity index (χ1) is 20.7. The Bertz CT molecular complexity index is 1120. The van der Waals surface area contributed by atoms with Gasteiger partial charge < -0.3 is 28.5 Å². The maximum Gasteiger partial charge on any atom is 0.330 e. The van der Waals surface area contributed by atoms with Gasteiger partial charge in [0.05, 0.1) is 37.1 Å². The molecule has 4 heterocycles. The molecule has 0 unspecified atom stereocenters. The number of fused-ring (bicyclic) bond motifs is 3. The molecule has 0 aromatic rings. The summed E-state index contributed by atoms with van der Waals surface area (Å²) in [6.45, 7) is 20.2. The molecule has 4 rings (SSSR count). The number of hydrogen-bond acceptors (Lipinski definition) is 7. The fourth-order valence-electron chi connectivity index (χ4n) is 6.07. The molecule has 2 bridgehead atoms. The molecule has 0 aromatic carbocycles. The molecule has 0 saturated carbocycles. The van der Waals surface area contributed by atoms with Crippen LogP contribution in [0.15, 0.2) is 60.3 Å². The molecule has 0 radical (unpaired) electrons. The summed E-state index contributed by atoms with van der Waals surface area (Å²) in [6.07, 6.45) is 16.5. The molecule has 0 spiro atoms. The third kappa shape index (κ3) is 10.4. The standard InChI is InChI=1S/C36H56O7Si/c1-24-17-18-39-28(20-24)15-16-31(43-44(7,8)36(4,5)6)32-23-33-35(42-33)30(37)22-26(3)19-25(2)21-29-13-9-11-27(40-29)12-10-14-34(38)41-32/h9-11,14-17,25,27-33,35,37H,3,12-13,18-23H2,1-2,4-8H3/t25-,27-,28+,29-,30+,31-,32-,33+,35+/m0/s1. The van der Waals surface area contributed by atoms with Crippen molar-refractivity contribution in [1.29, 1.82) is 0 Å². The van der Waals surface area contributed by atoms with Gasteiger partial charge in [-0.15, -0.1) is 0 Å². The minimum Gasteiger partial charge on any atom is -0.456 e. The van der Waals surface area contributed by atoms with Crippen LogP contribution >= 0.6 is 0 Å². The number of rotatable bonds is 5. The highest BCUT2D eigenvalue weighted by molar-refractivity contribution is 6.74. The molecule has 1 N–H and O–H groups in total. The highest BCUT2D eigenvalue weighted by Gasteiger charge is 2.48. The van der Waals surface area contributed by atoms with Crippen LogP contribution in [-0.4, -0.2) is 74.8 Å². The molecule has 1 saturated heterocycles. The van der Waals surface area contributed by atoms with E-state index in [1.54, 1.807) is 0 Å². The van der Waals surface area contributed by atoms with Crippen molar-refractivity contribution < 1.29 is 33.3 Å². The number of aliphatic hydroxyl groups is 1. The Kier molecular flexibility index (Phi) is 12.1. The summed E-state index contributed by atoms with van der Waals surface area (Å²) in [5.41, 5.74) is 2.32. The fraction of sp³-hybridized carbons (Fsp3) is 0.694. The van der Waals surface area contributed by atoms with Gasteiger partial charge in [-0.05, 0) is 69.5 Å². The van der Waals surface area contributed by atoms with Crippen LogP contribution < -0.4 is 0 Å². The lowest BCUT2D eigenvalue weighted by atomic mass is 9.91. The lowest BCUT2D eigenvalue weighted by Crippen LogP contribution is -2.47. The molecule has 246 valence electrons. The Morgan fingerprint density at radius 3 is 2.61 bits per heavy atom. The molecule has 0 amide bonds. The quantitative estimate of drug-likeness (QED) is 0.150. The van der Waals surface area contributed by atoms with E-state index in [1.165, 1.54) is 11.6 Å². The summed E-state index contributed by atoms with van der Waals surface area (Å²) in [6, 6.07) is 0. The monoisotopic (exact) mass is 628 g/mol. The Morgan fingerprint density at radius 1 is 1.11 bits per heavy atom. The van der Waals surface area contributed by atoms with Crippen molar-refractivity contribution >= 4 is 14.3 Å². The second-order valence-corrected chi connectivity index (χ2v) is 19.6. The first-order valence-electron chi connectivity index (χ1n) is 16.5. The van der Waals surface area contributed by atoms with Gasteiger partial charge in [-0.1, -0.05) is 81.9 Å². The van der Waals surface area contributed by atoms with Gasteiger partial charge in [0.1, 0.15) is 18.3 Å². The summed E-state index contributed by atoms with van der Waals surface area (Å²) in [7, 11) is -2.27. The molecule has 0 aliphatic carbocycles. The second kappa shape index (κ2) is 15.2. The number of esters is 1. The first-order valence-corrected chi connectivity index (χ1v) is 19.4. The molecule has 8 heteroatoms. The van der Waals surface area contributed by atoms with Crippen LogP contribution in [0.3, 0.4) is 0 Å². The summed E-state index contributed by atoms with van der Waals surface area (Å²) in [4.78, 5) is 13.3. The van der Waals surface area contributed by atoms with Gasteiger partial charge in [0.25, 0.3) is 0 Å². The van der Waals surface area contributed by atoms with Crippen molar-refractivity contribution in [2.75, 3.05) is 6.61 Å². The minimum atomic E-state index is -2.27. The van der Waals surface area contributed by atoms with E-state index in [4.69, 9.17) is 23.4 Å². The zero-order chi connectivity index (χ0) is 32.1. The highest BCUT2D eigenvalue weighted by atomic mass is 28.4. The van der Waals surface area contributed by atoms with E-state index < -0.39 is 32.6 Å². The van der Waals surface area contributed by atoms with Crippen LogP contribution in [0.25, 0.3) is 0 Å². The third-order valence-electron chi connectivity index (χ3n) is 9.66. The van der Waals surface area contributed by atoms with Gasteiger partial charge >= 0.3 is 5.97 Å². The van der Waals surface area contributed by atoms with Gasteiger partial charge in [-0.3, -0.25) is 0 Å². The fourth-order valence-corrected chi connectivity index (χ4v) is 7.34. The Labute approximate surface area is 266 Å². The van der Waals surface area contributed by atoms with E-state index in [0.29, 0.717) is 31.8 Å². The van der Waals surface area contributed by atoms with Crippen molar-refractivity contribution in [3.05, 3.63) is 60.3 Å². The van der Waals surface area contributed by atoms with Crippen LogP contribution in [0.2, 0.25) is 18.1 Å². The first kappa shape index (κ1) is 35.0. The molecule has 1 fully saturated rings. The smallest absolute Gasteiger partial charge is 0.330 e. The Hall–Kier alpha value is -1.81. The maximum absolute atomic E-state index is 13.3. The Balaban J connectivity index is 1.59. The van der Waals surface area contributed by atoms with Gasteiger partial charge in [-0.25, -0.2) is 4.79 Å². The van der Waals surface area contributed by atoms with Gasteiger partial charge in [0, 0.05) is 12.5 Å². The molecule has 0 aromatic heterocycles. The summed E-state index contributed by atoms with van der Waals surface area (Å²) in [5, 5.41) is 11.0. The maximum atomic E-state index is 13.3. The van der Waals surface area contributed by atoms with Crippen molar-refractivity contribution in [1.82, 2.24) is 0 Å². The van der Waals surface area contributed by atoms with E-state index in [0.717, 1.165) is 31.3 Å². The summed E-state index contributed by atoms with van der Waals surface area (Å²) in [5.74, 6) is -0.0267. The Morgan fingerprint density at radius 2 is 1.89 bits per heavy atom. The molecule has 9 atom stereocenters. The molecule has 7 nitrogen and oxygen atoms in total. The number of ether oxygens (including phenoxy) is 4. The summed E-state index contributed by atoms with van der Waals surface area (Å²) < 4.78 is 31.4. The number of carbonyl (C=O) groups is 1. The highest BCUT2D eigenvalue weighted by Crippen LogP contribution is 2.40. The molecular formula is C36H56O7Si. The predicted octanol–water partition coefficient (Wildman–Crippen LogP) is 7.13. The van der Waals surface area contributed by atoms with Crippen LogP contribution in [0.1, 0.15) is 79.6 Å². The molecule has 4 aliphatic heterocycles. The lowest BCUT2D eigenvalue weighted by Gasteiger charge is -2.40. The van der Waals surface area contributed by atoms with Gasteiger partial charge in [-0.2, -0.15) is 0 Å². The lowest BCUT2D eigenvalue weighted by molar-refractivity contribution is -0.147. The van der Waals surface area contributed by atoms with E-state index in [9.17, 15) is 9.90 Å². The topological polar surface area (TPSA) is 86.8 Å². The molecule has 4 aliphatic rings. The van der Waals surface area contributed by atoms with Gasteiger partial charge in [0.2, 0.25) is 0 Å². The largest absolute Gasteiger partial charge is 0.456 e. The van der Waals surface area contributed by atoms with E-state index in [1.807, 2.05) is 12.2 Å². The van der Waals surface area contributed by atoms with E-state index in [2.05, 4.69) is 78.6 Å². The molecular weight excluding hydrogens is 572 g/mol. The number of cyclic esters (lactones) is 1. The van der Waals surface area contributed by atoms with Crippen molar-refractivity contribution in [2.24, 2.45) is 5.92 Å². The van der Waals surface area contributed by atoms with Gasteiger partial charge in [0.15, 0.2) is 8.32 Å². The molecule has 44 heavy (non-hydrogen) atoms. The third-order valence-corrected chi connectivity index (χ3v) is 14.1. The average molecular weight is 629 g/mol. The van der Waals surface area contributed by atoms with E-state index in [-0.39, 0.29) is 35.6 Å². The van der Waals surface area contributed by atoms with Crippen molar-refractivity contribution in [3.63, 3.8) is 0 Å². The SMILES string of the molecule is C=C1C[C@H](C)C[C@@H]2CC=C[C@@H](CC=CC(=O)O[C@H]([C@H](C=C[C@@H]3CC(C)=CCO3)O[Si](C)(C)C(C)(C)C)C[C@H]3O[C@@H]3[C@H](O)C1)O2. The van der Waals surface area contributed by atoms with Crippen LogP contribution in [0.4, 0.5) is 0 Å². The van der Waals surface area contributed by atoms with Crippen molar-refractivity contribution in [2.45, 2.75) is 147 Å². The van der Waals surface area contributed by atoms with Crippen LogP contribution in [0, 0.1) is 5.92 Å². The minimum absolute atomic E-state index is 0.0448. The second-order valence-electron chi connectivity index (χ2n) is 14.9. The number of hydrogen-bond donors (Lipinski definition) is 1. The van der Waals surface area contributed by atoms with Crippen LogP contribution in [-0.2, 0) is 28.2 Å². The van der Waals surface area contributed by atoms with Crippen molar-refractivity contribution in [3.8, 4) is 0 Å². The predicted molar refractivity (Wildman–Crippen MR) is 177 cm³/mol. The van der Waals surface area contributed by atoms with E-state index >= 15 is 0 Å². The number of epoxide rings is 1. The summed E-state index contributed by atoms with van der Waals surface area (Å²) >= 11 is 0. The number of aliphatic hydroxyl groups excluding tert-OH is 1. The van der Waals surface area contributed by atoms with Crippen LogP contribution in [0.5, 0.6) is 0 Å². The zero-order valence-electron chi connectivity index (χ0n) is 28.0. The number of carbonyl (C=O) groups excluding carboxylic acids is 1. The average Bonchev–Trinajstić information content (AvgIpc) is 3.69.